The molecule has 1 aliphatic carbocycles. The van der Waals surface area contributed by atoms with E-state index in [-0.39, 0.29) is 42.5 Å². The van der Waals surface area contributed by atoms with Gasteiger partial charge < -0.3 is 14.5 Å². The van der Waals surface area contributed by atoms with Gasteiger partial charge in [-0.25, -0.2) is 0 Å². The van der Waals surface area contributed by atoms with E-state index in [4.69, 9.17) is 14.5 Å². The fourth-order valence-corrected chi connectivity index (χ4v) is 5.66. The van der Waals surface area contributed by atoms with E-state index in [1.54, 1.807) is 0 Å². The summed E-state index contributed by atoms with van der Waals surface area (Å²) in [7, 11) is 0. The van der Waals surface area contributed by atoms with E-state index >= 15 is 0 Å². The molecule has 2 aromatic heterocycles. The summed E-state index contributed by atoms with van der Waals surface area (Å²) in [5.41, 5.74) is 6.31. The quantitative estimate of drug-likeness (QED) is 0.115. The number of pyridine rings is 1. The predicted molar refractivity (Wildman–Crippen MR) is 154 cm³/mol. The van der Waals surface area contributed by atoms with Crippen molar-refractivity contribution in [3.8, 4) is 11.3 Å². The van der Waals surface area contributed by atoms with E-state index < -0.39 is 0 Å². The van der Waals surface area contributed by atoms with Crippen LogP contribution in [-0.2, 0) is 35.7 Å². The fraction of sp³-hybridized carbons (Fsp3) is 0.235. The first-order valence-electron chi connectivity index (χ1n) is 12.8. The van der Waals surface area contributed by atoms with Gasteiger partial charge in [-0.2, -0.15) is 0 Å². The van der Waals surface area contributed by atoms with Crippen molar-refractivity contribution in [2.24, 2.45) is 0 Å². The fourth-order valence-electron chi connectivity index (χ4n) is 5.66. The van der Waals surface area contributed by atoms with Crippen molar-refractivity contribution < 1.29 is 34.4 Å². The molecule has 0 atom stereocenters. The number of benzene rings is 3. The number of aliphatic hydroxyl groups excluding tert-OH is 1. The van der Waals surface area contributed by atoms with Gasteiger partial charge in [0, 0.05) is 43.2 Å². The zero-order chi connectivity index (χ0) is 27.2. The monoisotopic (exact) mass is 695 g/mol. The molecule has 0 fully saturated rings. The summed E-state index contributed by atoms with van der Waals surface area (Å²) in [4.78, 5) is 14.8. The van der Waals surface area contributed by atoms with Crippen LogP contribution in [-0.4, -0.2) is 15.9 Å². The molecule has 1 aliphatic rings. The van der Waals surface area contributed by atoms with Gasteiger partial charge in [-0.1, -0.05) is 79.4 Å². The second kappa shape index (κ2) is 10.6. The Hall–Kier alpha value is -3.53. The zero-order valence-corrected chi connectivity index (χ0v) is 25.4. The van der Waals surface area contributed by atoms with Crippen LogP contribution in [0.1, 0.15) is 64.0 Å². The van der Waals surface area contributed by atoms with Crippen LogP contribution in [0, 0.1) is 6.07 Å². The summed E-state index contributed by atoms with van der Waals surface area (Å²) in [6.45, 7) is 12.0. The Balaban J connectivity index is 0.000000394. The molecule has 1 N–H and O–H groups in total. The van der Waals surface area contributed by atoms with Gasteiger partial charge in [-0.15, -0.1) is 18.2 Å². The minimum absolute atomic E-state index is 0. The molecule has 0 saturated heterocycles. The largest absolute Gasteiger partial charge is 0.512 e. The summed E-state index contributed by atoms with van der Waals surface area (Å²) in [5, 5.41) is 11.8. The third-order valence-corrected chi connectivity index (χ3v) is 7.42. The van der Waals surface area contributed by atoms with Crippen LogP contribution in [0.25, 0.3) is 33.0 Å². The Morgan fingerprint density at radius 3 is 2.15 bits per heavy atom. The number of allylic oxidation sites excluding steroid dienone is 2. The average molecular weight is 695 g/mol. The Labute approximate surface area is 243 Å². The van der Waals surface area contributed by atoms with Crippen molar-refractivity contribution in [1.82, 2.24) is 4.98 Å². The smallest absolute Gasteiger partial charge is 0.155 e. The topological polar surface area (TPSA) is 63.3 Å². The van der Waals surface area contributed by atoms with Gasteiger partial charge in [0.15, 0.2) is 5.78 Å². The van der Waals surface area contributed by atoms with Gasteiger partial charge in [0.05, 0.1) is 11.3 Å². The van der Waals surface area contributed by atoms with E-state index in [9.17, 15) is 4.79 Å². The van der Waals surface area contributed by atoms with Crippen molar-refractivity contribution in [2.45, 2.75) is 52.4 Å². The molecule has 0 bridgehead atoms. The minimum Gasteiger partial charge on any atom is -0.512 e. The first-order chi connectivity index (χ1) is 18.0. The summed E-state index contributed by atoms with van der Waals surface area (Å²) < 4.78 is 6.72. The number of carbonyl (C=O) groups excluding carboxylic acids is 1. The van der Waals surface area contributed by atoms with E-state index in [1.165, 1.54) is 42.0 Å². The van der Waals surface area contributed by atoms with E-state index in [2.05, 4.69) is 88.4 Å². The molecule has 39 heavy (non-hydrogen) atoms. The first kappa shape index (κ1) is 28.5. The zero-order valence-electron chi connectivity index (χ0n) is 23.0. The molecular weight excluding hydrogens is 663 g/mol. The van der Waals surface area contributed by atoms with Crippen LogP contribution >= 0.6 is 0 Å². The number of aromatic nitrogens is 1. The van der Waals surface area contributed by atoms with Crippen molar-refractivity contribution in [2.75, 3.05) is 0 Å². The molecule has 5 aromatic rings. The number of hydrogen-bond donors (Lipinski definition) is 1. The summed E-state index contributed by atoms with van der Waals surface area (Å²) in [5.74, 6) is 0.986. The number of fused-ring (bicyclic) bond motifs is 5. The summed E-state index contributed by atoms with van der Waals surface area (Å²) in [6.07, 6.45) is 3.10. The second-order valence-electron chi connectivity index (χ2n) is 11.0. The molecule has 0 spiro atoms. The van der Waals surface area contributed by atoms with Gasteiger partial charge >= 0.3 is 0 Å². The standard InChI is InChI=1S/C29H24NO.C5H8O2.Ir/c1-28(2)22-14-7-8-15-23(22)29(3,4)27-25(28)21-13-9-12-20(26(21)31-27)24-16-18-10-5-6-11-19(18)17-30-24;1-4(6)3-5(2)7;/h5-11,13-17H,1-4H3;3,6H,1-2H3;/q-1;;/b;4-3-;. The SMILES string of the molecule is CC(=O)/C=C(/C)O.CC1(C)c2ccccc2C(C)(C)c2c1oc1c(-c3cc4ccccc4cn3)[c-]ccc21.[Ir]. The van der Waals surface area contributed by atoms with Gasteiger partial charge in [0.2, 0.25) is 0 Å². The molecular formula is C34H32IrNO3-. The van der Waals surface area contributed by atoms with Crippen molar-refractivity contribution in [3.05, 3.63) is 113 Å². The predicted octanol–water partition coefficient (Wildman–Crippen LogP) is 8.45. The maximum absolute atomic E-state index is 10.0. The third-order valence-electron chi connectivity index (χ3n) is 7.42. The van der Waals surface area contributed by atoms with Gasteiger partial charge in [-0.05, 0) is 60.9 Å². The van der Waals surface area contributed by atoms with Crippen LogP contribution in [0.5, 0.6) is 0 Å². The number of nitrogens with zero attached hydrogens (tertiary/aromatic N) is 1. The third kappa shape index (κ3) is 4.97. The Morgan fingerprint density at radius 2 is 1.54 bits per heavy atom. The molecule has 201 valence electrons. The van der Waals surface area contributed by atoms with E-state index in [0.29, 0.717) is 0 Å². The number of carbonyl (C=O) groups is 1. The summed E-state index contributed by atoms with van der Waals surface area (Å²) >= 11 is 0. The molecule has 1 radical (unpaired) electrons. The molecule has 4 nitrogen and oxygen atoms in total. The molecule has 0 amide bonds. The number of rotatable bonds is 2. The summed E-state index contributed by atoms with van der Waals surface area (Å²) in [6, 6.07) is 26.8. The second-order valence-corrected chi connectivity index (χ2v) is 11.0. The van der Waals surface area contributed by atoms with E-state index in [1.807, 2.05) is 18.3 Å². The molecule has 2 heterocycles. The Kier molecular flexibility index (Phi) is 7.71. The number of ketones is 1. The Bertz CT molecular complexity index is 1720. The molecule has 6 rings (SSSR count). The van der Waals surface area contributed by atoms with Crippen LogP contribution < -0.4 is 0 Å². The number of furan rings is 1. The van der Waals surface area contributed by atoms with Crippen molar-refractivity contribution >= 4 is 27.5 Å². The van der Waals surface area contributed by atoms with Crippen molar-refractivity contribution in [1.29, 1.82) is 0 Å². The van der Waals surface area contributed by atoms with Crippen LogP contribution in [0.4, 0.5) is 0 Å². The average Bonchev–Trinajstić information content (AvgIpc) is 3.29. The normalized spacial score (nSPS) is 15.0. The Morgan fingerprint density at radius 1 is 0.923 bits per heavy atom. The maximum atomic E-state index is 10.0. The van der Waals surface area contributed by atoms with Crippen molar-refractivity contribution in [3.63, 3.8) is 0 Å². The van der Waals surface area contributed by atoms with Gasteiger partial charge in [0.1, 0.15) is 5.76 Å². The molecule has 0 aliphatic heterocycles. The molecule has 3 aromatic carbocycles. The molecule has 0 unspecified atom stereocenters. The molecule has 0 saturated carbocycles. The van der Waals surface area contributed by atoms with Gasteiger partial charge in [-0.3, -0.25) is 4.79 Å². The van der Waals surface area contributed by atoms with Crippen LogP contribution in [0.15, 0.2) is 89.2 Å². The van der Waals surface area contributed by atoms with Gasteiger partial charge in [0.25, 0.3) is 0 Å². The van der Waals surface area contributed by atoms with E-state index in [0.717, 1.165) is 33.4 Å². The number of aliphatic hydroxyl groups is 1. The van der Waals surface area contributed by atoms with Crippen LogP contribution in [0.3, 0.4) is 0 Å². The number of hydrogen-bond acceptors (Lipinski definition) is 4. The maximum Gasteiger partial charge on any atom is 0.155 e. The van der Waals surface area contributed by atoms with Crippen LogP contribution in [0.2, 0.25) is 0 Å². The first-order valence-corrected chi connectivity index (χ1v) is 12.8. The minimum atomic E-state index is -0.214. The molecule has 5 heteroatoms.